The molecule has 0 radical (unpaired) electrons. The van der Waals surface area contributed by atoms with Gasteiger partial charge in [0.2, 0.25) is 0 Å². The number of rotatable bonds is 4. The Morgan fingerprint density at radius 2 is 1.81 bits per heavy atom. The second-order valence-corrected chi connectivity index (χ2v) is 4.64. The second-order valence-electron chi connectivity index (χ2n) is 3.73. The van der Waals surface area contributed by atoms with Crippen molar-refractivity contribution in [2.75, 3.05) is 0 Å². The van der Waals surface area contributed by atoms with E-state index in [9.17, 15) is 13.2 Å². The van der Waals surface area contributed by atoms with Crippen LogP contribution in [0.1, 0.15) is 18.9 Å². The van der Waals surface area contributed by atoms with E-state index in [0.717, 1.165) is 10.0 Å². The van der Waals surface area contributed by atoms with Crippen LogP contribution in [0.4, 0.5) is 13.2 Å². The maximum Gasteiger partial charge on any atom is 0.390 e. The van der Waals surface area contributed by atoms with Gasteiger partial charge in [0.25, 0.3) is 0 Å². The van der Waals surface area contributed by atoms with Crippen LogP contribution in [0.15, 0.2) is 28.7 Å². The van der Waals surface area contributed by atoms with Crippen molar-refractivity contribution in [3.63, 3.8) is 0 Å². The van der Waals surface area contributed by atoms with Gasteiger partial charge in [0.1, 0.15) is 0 Å². The molecule has 1 unspecified atom stereocenters. The van der Waals surface area contributed by atoms with Gasteiger partial charge in [-0.05, 0) is 24.6 Å². The molecule has 0 aliphatic heterocycles. The number of nitrogens with one attached hydrogen (secondary N) is 1. The van der Waals surface area contributed by atoms with E-state index in [1.807, 2.05) is 24.3 Å². The third kappa shape index (κ3) is 5.51. The van der Waals surface area contributed by atoms with E-state index < -0.39 is 18.6 Å². The van der Waals surface area contributed by atoms with Crippen molar-refractivity contribution in [1.29, 1.82) is 0 Å². The van der Waals surface area contributed by atoms with E-state index in [-0.39, 0.29) is 0 Å². The molecule has 1 nitrogen and oxygen atoms in total. The number of benzene rings is 1. The summed E-state index contributed by atoms with van der Waals surface area (Å²) in [4.78, 5) is 0. The van der Waals surface area contributed by atoms with Crippen molar-refractivity contribution in [2.45, 2.75) is 32.1 Å². The highest BCUT2D eigenvalue weighted by atomic mass is 79.9. The molecule has 5 heteroatoms. The first-order valence-corrected chi connectivity index (χ1v) is 5.71. The zero-order chi connectivity index (χ0) is 12.2. The van der Waals surface area contributed by atoms with Crippen LogP contribution in [0, 0.1) is 0 Å². The molecule has 0 aliphatic carbocycles. The van der Waals surface area contributed by atoms with Crippen molar-refractivity contribution >= 4 is 15.9 Å². The Morgan fingerprint density at radius 3 is 2.31 bits per heavy atom. The molecule has 16 heavy (non-hydrogen) atoms. The molecule has 0 saturated heterocycles. The molecule has 0 heterocycles. The Hall–Kier alpha value is -0.550. The van der Waals surface area contributed by atoms with Gasteiger partial charge in [-0.3, -0.25) is 0 Å². The fourth-order valence-electron chi connectivity index (χ4n) is 1.31. The summed E-state index contributed by atoms with van der Waals surface area (Å²) < 4.78 is 37.1. The standard InChI is InChI=1S/C11H13BrF3N/c1-8(6-11(13,14)15)16-7-9-2-4-10(12)5-3-9/h2-5,8,16H,6-7H2,1H3. The van der Waals surface area contributed by atoms with Crippen molar-refractivity contribution < 1.29 is 13.2 Å². The first-order valence-electron chi connectivity index (χ1n) is 4.91. The monoisotopic (exact) mass is 295 g/mol. The molecule has 0 aliphatic rings. The SMILES string of the molecule is CC(CC(F)(F)F)NCc1ccc(Br)cc1. The fourth-order valence-corrected chi connectivity index (χ4v) is 1.58. The highest BCUT2D eigenvalue weighted by Gasteiger charge is 2.29. The van der Waals surface area contributed by atoms with Gasteiger partial charge in [0.15, 0.2) is 0 Å². The maximum absolute atomic E-state index is 12.0. The Kier molecular flexibility index (Phi) is 4.80. The summed E-state index contributed by atoms with van der Waals surface area (Å²) >= 11 is 3.30. The van der Waals surface area contributed by atoms with E-state index in [4.69, 9.17) is 0 Å². The average Bonchev–Trinajstić information content (AvgIpc) is 2.14. The summed E-state index contributed by atoms with van der Waals surface area (Å²) in [5.74, 6) is 0. The lowest BCUT2D eigenvalue weighted by molar-refractivity contribution is -0.139. The summed E-state index contributed by atoms with van der Waals surface area (Å²) in [7, 11) is 0. The van der Waals surface area contributed by atoms with Crippen molar-refractivity contribution in [1.82, 2.24) is 5.32 Å². The van der Waals surface area contributed by atoms with E-state index in [1.165, 1.54) is 6.92 Å². The van der Waals surface area contributed by atoms with E-state index in [1.54, 1.807) is 0 Å². The van der Waals surface area contributed by atoms with Gasteiger partial charge in [-0.2, -0.15) is 13.2 Å². The topological polar surface area (TPSA) is 12.0 Å². The van der Waals surface area contributed by atoms with Crippen molar-refractivity contribution in [2.24, 2.45) is 0 Å². The molecule has 1 N–H and O–H groups in total. The van der Waals surface area contributed by atoms with Crippen molar-refractivity contribution in [3.8, 4) is 0 Å². The smallest absolute Gasteiger partial charge is 0.310 e. The second kappa shape index (κ2) is 5.68. The lowest BCUT2D eigenvalue weighted by Gasteiger charge is -2.15. The molecule has 1 aromatic rings. The lowest BCUT2D eigenvalue weighted by Crippen LogP contribution is -2.30. The minimum absolute atomic E-state index is 0.449. The summed E-state index contributed by atoms with van der Waals surface area (Å²) in [5, 5.41) is 2.84. The largest absolute Gasteiger partial charge is 0.390 e. The number of hydrogen-bond donors (Lipinski definition) is 1. The molecule has 90 valence electrons. The summed E-state index contributed by atoms with van der Waals surface area (Å²) in [6.07, 6.45) is -4.91. The highest BCUT2D eigenvalue weighted by molar-refractivity contribution is 9.10. The van der Waals surface area contributed by atoms with Crippen LogP contribution in [0.25, 0.3) is 0 Å². The van der Waals surface area contributed by atoms with Crippen molar-refractivity contribution in [3.05, 3.63) is 34.3 Å². The first-order chi connectivity index (χ1) is 7.37. The van der Waals surface area contributed by atoms with Crippen LogP contribution in [-0.4, -0.2) is 12.2 Å². The third-order valence-corrected chi connectivity index (χ3v) is 2.63. The van der Waals surface area contributed by atoms with E-state index in [0.29, 0.717) is 6.54 Å². The number of halogens is 4. The van der Waals surface area contributed by atoms with Gasteiger partial charge >= 0.3 is 6.18 Å². The lowest BCUT2D eigenvalue weighted by atomic mass is 10.2. The van der Waals surface area contributed by atoms with Crippen LogP contribution < -0.4 is 5.32 Å². The quantitative estimate of drug-likeness (QED) is 0.889. The molecule has 0 fully saturated rings. The Labute approximate surface area is 101 Å². The number of alkyl halides is 3. The van der Waals surface area contributed by atoms with Crippen LogP contribution in [0.5, 0.6) is 0 Å². The zero-order valence-corrected chi connectivity index (χ0v) is 10.4. The summed E-state index contributed by atoms with van der Waals surface area (Å²) in [6.45, 7) is 1.98. The fraction of sp³-hybridized carbons (Fsp3) is 0.455. The number of hydrogen-bond acceptors (Lipinski definition) is 1. The summed E-state index contributed by atoms with van der Waals surface area (Å²) in [6, 6.07) is 6.91. The minimum atomic E-state index is -4.11. The first kappa shape index (κ1) is 13.5. The van der Waals surface area contributed by atoms with Crippen LogP contribution in [0.3, 0.4) is 0 Å². The average molecular weight is 296 g/mol. The Balaban J connectivity index is 2.37. The third-order valence-electron chi connectivity index (χ3n) is 2.11. The molecular weight excluding hydrogens is 283 g/mol. The van der Waals surface area contributed by atoms with Crippen LogP contribution >= 0.6 is 15.9 Å². The molecule has 0 amide bonds. The maximum atomic E-state index is 12.0. The molecule has 1 atom stereocenters. The Morgan fingerprint density at radius 1 is 1.25 bits per heavy atom. The predicted octanol–water partition coefficient (Wildman–Crippen LogP) is 3.88. The van der Waals surface area contributed by atoms with Gasteiger partial charge in [0, 0.05) is 17.1 Å². The minimum Gasteiger partial charge on any atom is -0.310 e. The van der Waals surface area contributed by atoms with Gasteiger partial charge in [-0.15, -0.1) is 0 Å². The molecule has 1 aromatic carbocycles. The van der Waals surface area contributed by atoms with Gasteiger partial charge in [-0.1, -0.05) is 28.1 Å². The predicted molar refractivity (Wildman–Crippen MR) is 61.1 cm³/mol. The van der Waals surface area contributed by atoms with E-state index in [2.05, 4.69) is 21.2 Å². The summed E-state index contributed by atoms with van der Waals surface area (Å²) in [5.41, 5.74) is 0.970. The van der Waals surface area contributed by atoms with E-state index >= 15 is 0 Å². The Bertz CT molecular complexity index is 321. The highest BCUT2D eigenvalue weighted by Crippen LogP contribution is 2.21. The zero-order valence-electron chi connectivity index (χ0n) is 8.81. The molecular formula is C11H13BrF3N. The van der Waals surface area contributed by atoms with Gasteiger partial charge < -0.3 is 5.32 Å². The molecule has 0 aromatic heterocycles. The molecule has 0 saturated carbocycles. The molecule has 1 rings (SSSR count). The molecule has 0 spiro atoms. The van der Waals surface area contributed by atoms with Crippen LogP contribution in [-0.2, 0) is 6.54 Å². The van der Waals surface area contributed by atoms with Gasteiger partial charge in [-0.25, -0.2) is 0 Å². The molecule has 0 bridgehead atoms. The van der Waals surface area contributed by atoms with Crippen LogP contribution in [0.2, 0.25) is 0 Å². The normalized spacial score (nSPS) is 13.8. The van der Waals surface area contributed by atoms with Gasteiger partial charge in [0.05, 0.1) is 6.42 Å².